The quantitative estimate of drug-likeness (QED) is 0.685. The van der Waals surface area contributed by atoms with Gasteiger partial charge >= 0.3 is 0 Å². The first-order valence-corrected chi connectivity index (χ1v) is 10.6. The lowest BCUT2D eigenvalue weighted by atomic mass is 9.79. The summed E-state index contributed by atoms with van der Waals surface area (Å²) in [6.07, 6.45) is 0.780. The van der Waals surface area contributed by atoms with Crippen LogP contribution in [0.5, 0.6) is 0 Å². The Morgan fingerprint density at radius 2 is 1.68 bits per heavy atom. The second-order valence-corrected chi connectivity index (χ2v) is 8.89. The molecule has 1 fully saturated rings. The number of benzene rings is 2. The van der Waals surface area contributed by atoms with Crippen molar-refractivity contribution in [2.45, 2.75) is 51.8 Å². The van der Waals surface area contributed by atoms with E-state index in [0.717, 1.165) is 12.0 Å². The van der Waals surface area contributed by atoms with Crippen LogP contribution in [0.2, 0.25) is 0 Å². The van der Waals surface area contributed by atoms with E-state index >= 15 is 0 Å². The zero-order chi connectivity index (χ0) is 22.4. The number of carbonyl (C=O) groups is 3. The summed E-state index contributed by atoms with van der Waals surface area (Å²) in [5, 5.41) is 5.67. The predicted molar refractivity (Wildman–Crippen MR) is 119 cm³/mol. The Hall–Kier alpha value is -2.99. The maximum atomic E-state index is 13.2. The van der Waals surface area contributed by atoms with Crippen LogP contribution in [-0.4, -0.2) is 42.4 Å². The number of Topliss-reactive ketones (excluding diaryl/α,β-unsaturated/α-hetero) is 1. The normalized spacial score (nSPS) is 19.6. The van der Waals surface area contributed by atoms with E-state index in [1.54, 1.807) is 31.2 Å². The number of ketones is 1. The molecule has 164 valence electrons. The first-order chi connectivity index (χ1) is 14.7. The van der Waals surface area contributed by atoms with Gasteiger partial charge in [0.15, 0.2) is 5.78 Å². The molecular weight excluding hydrogens is 392 g/mol. The topological polar surface area (TPSA) is 84.5 Å². The van der Waals surface area contributed by atoms with Crippen molar-refractivity contribution in [2.75, 3.05) is 6.61 Å². The predicted octanol–water partition coefficient (Wildman–Crippen LogP) is 2.92. The lowest BCUT2D eigenvalue weighted by molar-refractivity contribution is -0.128. The molecule has 0 aromatic heterocycles. The number of nitrogens with one attached hydrogen (secondary N) is 2. The summed E-state index contributed by atoms with van der Waals surface area (Å²) in [6, 6.07) is 17.4. The molecule has 2 aromatic carbocycles. The summed E-state index contributed by atoms with van der Waals surface area (Å²) in [6.45, 7) is 5.89. The third kappa shape index (κ3) is 6.25. The Morgan fingerprint density at radius 3 is 2.26 bits per heavy atom. The van der Waals surface area contributed by atoms with Crippen molar-refractivity contribution in [3.05, 3.63) is 71.8 Å². The SMILES string of the molecule is C[C@@H]1OCC(=O)[C@H]1NC(=O)[C@H](CC(C)(C)Cc1ccccc1)NC(=O)c1ccccc1. The molecule has 3 atom stereocenters. The van der Waals surface area contributed by atoms with Crippen LogP contribution in [0, 0.1) is 5.41 Å². The van der Waals surface area contributed by atoms with Gasteiger partial charge in [-0.05, 0) is 42.9 Å². The van der Waals surface area contributed by atoms with Gasteiger partial charge in [-0.25, -0.2) is 0 Å². The third-order valence-electron chi connectivity index (χ3n) is 5.54. The zero-order valence-corrected chi connectivity index (χ0v) is 18.3. The Morgan fingerprint density at radius 1 is 1.06 bits per heavy atom. The van der Waals surface area contributed by atoms with E-state index in [9.17, 15) is 14.4 Å². The highest BCUT2D eigenvalue weighted by atomic mass is 16.5. The zero-order valence-electron chi connectivity index (χ0n) is 18.3. The van der Waals surface area contributed by atoms with Gasteiger partial charge in [0.05, 0.1) is 6.10 Å². The van der Waals surface area contributed by atoms with Crippen LogP contribution in [0.4, 0.5) is 0 Å². The van der Waals surface area contributed by atoms with E-state index in [1.165, 1.54) is 0 Å². The molecule has 1 aliphatic rings. The molecule has 0 bridgehead atoms. The minimum absolute atomic E-state index is 0.00729. The molecule has 2 aromatic rings. The maximum absolute atomic E-state index is 13.2. The van der Waals surface area contributed by atoms with E-state index in [1.807, 2.05) is 24.3 Å². The van der Waals surface area contributed by atoms with Crippen molar-refractivity contribution >= 4 is 17.6 Å². The monoisotopic (exact) mass is 422 g/mol. The standard InChI is InChI=1S/C25H30N2O4/c1-17-22(21(28)16-31-17)27-24(30)20(26-23(29)19-12-8-5-9-13-19)15-25(2,3)14-18-10-6-4-7-11-18/h4-13,17,20,22H,14-16H2,1-3H3,(H,26,29)(H,27,30)/t17-,20-,22-/m0/s1. The van der Waals surface area contributed by atoms with Crippen molar-refractivity contribution in [3.63, 3.8) is 0 Å². The van der Waals surface area contributed by atoms with Crippen molar-refractivity contribution in [1.82, 2.24) is 10.6 Å². The minimum Gasteiger partial charge on any atom is -0.368 e. The Balaban J connectivity index is 1.76. The molecule has 6 heteroatoms. The first-order valence-electron chi connectivity index (χ1n) is 10.6. The molecule has 0 saturated carbocycles. The number of carbonyl (C=O) groups excluding carboxylic acids is 3. The lowest BCUT2D eigenvalue weighted by Gasteiger charge is -2.31. The molecule has 1 saturated heterocycles. The maximum Gasteiger partial charge on any atom is 0.251 e. The van der Waals surface area contributed by atoms with Gasteiger partial charge < -0.3 is 15.4 Å². The summed E-state index contributed by atoms with van der Waals surface area (Å²) in [7, 11) is 0. The number of hydrogen-bond acceptors (Lipinski definition) is 4. The second-order valence-electron chi connectivity index (χ2n) is 8.89. The number of amides is 2. The second kappa shape index (κ2) is 9.88. The van der Waals surface area contributed by atoms with Crippen LogP contribution in [0.3, 0.4) is 0 Å². The van der Waals surface area contributed by atoms with Crippen LogP contribution in [0.15, 0.2) is 60.7 Å². The van der Waals surface area contributed by atoms with E-state index in [2.05, 4.69) is 36.6 Å². The Labute approximate surface area is 183 Å². The van der Waals surface area contributed by atoms with E-state index < -0.39 is 12.1 Å². The van der Waals surface area contributed by atoms with Gasteiger partial charge in [-0.2, -0.15) is 0 Å². The molecule has 0 radical (unpaired) electrons. The number of rotatable bonds is 8. The largest absolute Gasteiger partial charge is 0.368 e. The first kappa shape index (κ1) is 22.7. The molecule has 1 heterocycles. The molecule has 31 heavy (non-hydrogen) atoms. The van der Waals surface area contributed by atoms with Crippen LogP contribution >= 0.6 is 0 Å². The minimum atomic E-state index is -0.785. The van der Waals surface area contributed by atoms with E-state index in [4.69, 9.17) is 4.74 Å². The Bertz CT molecular complexity index is 912. The van der Waals surface area contributed by atoms with Gasteiger partial charge in [0.2, 0.25) is 5.91 Å². The number of hydrogen-bond donors (Lipinski definition) is 2. The fourth-order valence-corrected chi connectivity index (χ4v) is 3.93. The molecule has 0 spiro atoms. The van der Waals surface area contributed by atoms with Gasteiger partial charge in [0.1, 0.15) is 18.7 Å². The van der Waals surface area contributed by atoms with Crippen LogP contribution in [0.1, 0.15) is 43.1 Å². The Kier molecular flexibility index (Phi) is 7.23. The molecule has 1 aliphatic heterocycles. The van der Waals surface area contributed by atoms with Gasteiger partial charge in [0.25, 0.3) is 5.91 Å². The highest BCUT2D eigenvalue weighted by Gasteiger charge is 2.37. The summed E-state index contributed by atoms with van der Waals surface area (Å²) in [5.74, 6) is -0.850. The van der Waals surface area contributed by atoms with Crippen molar-refractivity contribution < 1.29 is 19.1 Å². The molecule has 3 rings (SSSR count). The lowest BCUT2D eigenvalue weighted by Crippen LogP contribution is -2.54. The van der Waals surface area contributed by atoms with Crippen LogP contribution < -0.4 is 10.6 Å². The van der Waals surface area contributed by atoms with E-state index in [0.29, 0.717) is 12.0 Å². The van der Waals surface area contributed by atoms with Crippen LogP contribution in [-0.2, 0) is 20.7 Å². The highest BCUT2D eigenvalue weighted by molar-refractivity contribution is 5.99. The van der Waals surface area contributed by atoms with Crippen LogP contribution in [0.25, 0.3) is 0 Å². The summed E-state index contributed by atoms with van der Waals surface area (Å²) in [4.78, 5) is 38.0. The summed E-state index contributed by atoms with van der Waals surface area (Å²) in [5.41, 5.74) is 1.37. The smallest absolute Gasteiger partial charge is 0.251 e. The molecule has 2 N–H and O–H groups in total. The highest BCUT2D eigenvalue weighted by Crippen LogP contribution is 2.28. The summed E-state index contributed by atoms with van der Waals surface area (Å²) >= 11 is 0. The average Bonchev–Trinajstić information content (AvgIpc) is 3.06. The number of ether oxygens (including phenoxy) is 1. The van der Waals surface area contributed by atoms with Crippen molar-refractivity contribution in [3.8, 4) is 0 Å². The van der Waals surface area contributed by atoms with Crippen molar-refractivity contribution in [2.24, 2.45) is 5.41 Å². The van der Waals surface area contributed by atoms with Gasteiger partial charge in [-0.3, -0.25) is 14.4 Å². The fraction of sp³-hybridized carbons (Fsp3) is 0.400. The summed E-state index contributed by atoms with van der Waals surface area (Å²) < 4.78 is 5.34. The molecule has 0 unspecified atom stereocenters. The molecular formula is C25H30N2O4. The van der Waals surface area contributed by atoms with Gasteiger partial charge in [0, 0.05) is 5.56 Å². The van der Waals surface area contributed by atoms with Gasteiger partial charge in [-0.1, -0.05) is 62.4 Å². The average molecular weight is 423 g/mol. The van der Waals surface area contributed by atoms with Gasteiger partial charge in [-0.15, -0.1) is 0 Å². The molecule has 2 amide bonds. The molecule has 6 nitrogen and oxygen atoms in total. The van der Waals surface area contributed by atoms with E-state index in [-0.39, 0.29) is 35.7 Å². The third-order valence-corrected chi connectivity index (χ3v) is 5.54. The fourth-order valence-electron chi connectivity index (χ4n) is 3.93. The van der Waals surface area contributed by atoms with Crippen molar-refractivity contribution in [1.29, 1.82) is 0 Å². The molecule has 0 aliphatic carbocycles.